The average Bonchev–Trinajstić information content (AvgIpc) is 2.38. The first-order chi connectivity index (χ1) is 8.63. The van der Waals surface area contributed by atoms with Gasteiger partial charge in [-0.15, -0.1) is 0 Å². The van der Waals surface area contributed by atoms with Gasteiger partial charge in [-0.1, -0.05) is 41.9 Å². The van der Waals surface area contributed by atoms with Crippen molar-refractivity contribution in [2.24, 2.45) is 0 Å². The molecule has 2 aromatic rings. The second-order valence-electron chi connectivity index (χ2n) is 3.71. The number of carbonyl (C=O) groups excluding carboxylic acids is 1. The molecule has 0 aliphatic rings. The van der Waals surface area contributed by atoms with Gasteiger partial charge in [0.1, 0.15) is 6.29 Å². The molecule has 3 nitrogen and oxygen atoms in total. The summed E-state index contributed by atoms with van der Waals surface area (Å²) in [6, 6.07) is 11.6. The summed E-state index contributed by atoms with van der Waals surface area (Å²) in [5.41, 5.74) is 1.68. The minimum atomic E-state index is -1.09. The van der Waals surface area contributed by atoms with Gasteiger partial charge in [0, 0.05) is 5.56 Å². The second kappa shape index (κ2) is 5.02. The van der Waals surface area contributed by atoms with Gasteiger partial charge in [0.05, 0.1) is 10.6 Å². The van der Waals surface area contributed by atoms with Crippen LogP contribution in [0.3, 0.4) is 0 Å². The number of carboxylic acids is 1. The number of hydrogen-bond acceptors (Lipinski definition) is 2. The summed E-state index contributed by atoms with van der Waals surface area (Å²) in [7, 11) is 0. The molecule has 0 bridgehead atoms. The first kappa shape index (κ1) is 12.3. The summed E-state index contributed by atoms with van der Waals surface area (Å²) in [4.78, 5) is 21.9. The van der Waals surface area contributed by atoms with Crippen molar-refractivity contribution in [3.8, 4) is 11.1 Å². The molecule has 0 aromatic heterocycles. The minimum Gasteiger partial charge on any atom is -0.478 e. The van der Waals surface area contributed by atoms with Crippen LogP contribution < -0.4 is 0 Å². The topological polar surface area (TPSA) is 54.4 Å². The van der Waals surface area contributed by atoms with Gasteiger partial charge in [-0.25, -0.2) is 4.79 Å². The highest BCUT2D eigenvalue weighted by Gasteiger charge is 2.15. The number of carboxylic acid groups (broad SMARTS) is 1. The zero-order valence-electron chi connectivity index (χ0n) is 9.26. The molecule has 2 aromatic carbocycles. The normalized spacial score (nSPS) is 10.1. The standard InChI is InChI=1S/C14H9ClO3/c15-12-6-2-5-11(13(12)14(17)18)10-4-1-3-9(7-10)8-16/h1-8H,(H,17,18). The number of hydrogen-bond donors (Lipinski definition) is 1. The van der Waals surface area contributed by atoms with Crippen LogP contribution >= 0.6 is 11.6 Å². The summed E-state index contributed by atoms with van der Waals surface area (Å²) in [6.45, 7) is 0. The summed E-state index contributed by atoms with van der Waals surface area (Å²) in [5, 5.41) is 9.36. The van der Waals surface area contributed by atoms with E-state index in [2.05, 4.69) is 0 Å². The van der Waals surface area contributed by atoms with Gasteiger partial charge >= 0.3 is 5.97 Å². The van der Waals surface area contributed by atoms with Crippen LogP contribution in [0.25, 0.3) is 11.1 Å². The maximum Gasteiger partial charge on any atom is 0.337 e. The van der Waals surface area contributed by atoms with Crippen LogP contribution in [0.5, 0.6) is 0 Å². The van der Waals surface area contributed by atoms with E-state index in [9.17, 15) is 14.7 Å². The van der Waals surface area contributed by atoms with E-state index in [-0.39, 0.29) is 10.6 Å². The third-order valence-corrected chi connectivity index (χ3v) is 2.88. The number of halogens is 1. The Morgan fingerprint density at radius 1 is 1.17 bits per heavy atom. The van der Waals surface area contributed by atoms with Gasteiger partial charge in [0.2, 0.25) is 0 Å². The van der Waals surface area contributed by atoms with Gasteiger partial charge < -0.3 is 5.11 Å². The van der Waals surface area contributed by atoms with Crippen LogP contribution in [0.15, 0.2) is 42.5 Å². The Bertz CT molecular complexity index is 620. The SMILES string of the molecule is O=Cc1cccc(-c2cccc(Cl)c2C(=O)O)c1. The molecule has 0 amide bonds. The van der Waals surface area contributed by atoms with Crippen molar-refractivity contribution in [3.63, 3.8) is 0 Å². The minimum absolute atomic E-state index is 0.0437. The Balaban J connectivity index is 2.66. The highest BCUT2D eigenvalue weighted by molar-refractivity contribution is 6.34. The smallest absolute Gasteiger partial charge is 0.337 e. The van der Waals surface area contributed by atoms with Crippen molar-refractivity contribution in [2.75, 3.05) is 0 Å². The first-order valence-corrected chi connectivity index (χ1v) is 5.58. The van der Waals surface area contributed by atoms with Gasteiger partial charge in [0.15, 0.2) is 0 Å². The molecule has 0 fully saturated rings. The highest BCUT2D eigenvalue weighted by atomic mass is 35.5. The lowest BCUT2D eigenvalue weighted by atomic mass is 9.98. The van der Waals surface area contributed by atoms with Crippen LogP contribution in [0, 0.1) is 0 Å². The third-order valence-electron chi connectivity index (χ3n) is 2.56. The van der Waals surface area contributed by atoms with Crippen molar-refractivity contribution < 1.29 is 14.7 Å². The zero-order chi connectivity index (χ0) is 13.1. The number of aromatic carboxylic acids is 1. The summed E-state index contributed by atoms with van der Waals surface area (Å²) < 4.78 is 0. The summed E-state index contributed by atoms with van der Waals surface area (Å²) in [6.07, 6.45) is 0.717. The zero-order valence-corrected chi connectivity index (χ0v) is 10.0. The monoisotopic (exact) mass is 260 g/mol. The van der Waals surface area contributed by atoms with Gasteiger partial charge in [0.25, 0.3) is 0 Å². The predicted octanol–water partition coefficient (Wildman–Crippen LogP) is 3.52. The molecule has 2 rings (SSSR count). The van der Waals surface area contributed by atoms with Crippen LogP contribution in [-0.2, 0) is 0 Å². The van der Waals surface area contributed by atoms with E-state index < -0.39 is 5.97 Å². The van der Waals surface area contributed by atoms with E-state index >= 15 is 0 Å². The molecule has 0 saturated heterocycles. The average molecular weight is 261 g/mol. The highest BCUT2D eigenvalue weighted by Crippen LogP contribution is 2.29. The van der Waals surface area contributed by atoms with Crippen molar-refractivity contribution in [3.05, 3.63) is 58.6 Å². The van der Waals surface area contributed by atoms with Gasteiger partial charge in [-0.3, -0.25) is 4.79 Å². The fourth-order valence-electron chi connectivity index (χ4n) is 1.76. The van der Waals surface area contributed by atoms with Crippen molar-refractivity contribution in [1.29, 1.82) is 0 Å². The van der Waals surface area contributed by atoms with Crippen LogP contribution in [0.1, 0.15) is 20.7 Å². The molecule has 0 spiro atoms. The quantitative estimate of drug-likeness (QED) is 0.859. The van der Waals surface area contributed by atoms with Crippen LogP contribution in [0.2, 0.25) is 5.02 Å². The third kappa shape index (κ3) is 2.26. The Morgan fingerprint density at radius 2 is 1.89 bits per heavy atom. The summed E-state index contributed by atoms with van der Waals surface area (Å²) in [5.74, 6) is -1.09. The molecule has 18 heavy (non-hydrogen) atoms. The lowest BCUT2D eigenvalue weighted by molar-refractivity contribution is 0.0698. The maximum absolute atomic E-state index is 11.2. The van der Waals surface area contributed by atoms with Gasteiger partial charge in [-0.05, 0) is 23.3 Å². The summed E-state index contributed by atoms with van der Waals surface area (Å²) >= 11 is 5.90. The molecular weight excluding hydrogens is 252 g/mol. The second-order valence-corrected chi connectivity index (χ2v) is 4.12. The molecule has 0 saturated carbocycles. The van der Waals surface area contributed by atoms with E-state index in [4.69, 9.17) is 11.6 Å². The van der Waals surface area contributed by atoms with E-state index in [0.717, 1.165) is 0 Å². The lowest BCUT2D eigenvalue weighted by Crippen LogP contribution is -2.00. The molecule has 0 aliphatic carbocycles. The van der Waals surface area contributed by atoms with E-state index in [1.54, 1.807) is 36.4 Å². The maximum atomic E-state index is 11.2. The van der Waals surface area contributed by atoms with Crippen LogP contribution in [-0.4, -0.2) is 17.4 Å². The number of rotatable bonds is 3. The fourth-order valence-corrected chi connectivity index (χ4v) is 2.02. The number of aldehydes is 1. The van der Waals surface area contributed by atoms with E-state index in [0.29, 0.717) is 23.0 Å². The van der Waals surface area contributed by atoms with Crippen molar-refractivity contribution in [1.82, 2.24) is 0 Å². The molecule has 0 atom stereocenters. The Kier molecular flexibility index (Phi) is 3.44. The van der Waals surface area contributed by atoms with E-state index in [1.165, 1.54) is 6.07 Å². The Hall–Kier alpha value is -2.13. The van der Waals surface area contributed by atoms with Gasteiger partial charge in [-0.2, -0.15) is 0 Å². The number of carbonyl (C=O) groups is 2. The molecule has 4 heteroatoms. The van der Waals surface area contributed by atoms with Crippen molar-refractivity contribution in [2.45, 2.75) is 0 Å². The predicted molar refractivity (Wildman–Crippen MR) is 69.2 cm³/mol. The molecule has 0 aliphatic heterocycles. The number of benzene rings is 2. The van der Waals surface area contributed by atoms with Crippen molar-refractivity contribution >= 4 is 23.9 Å². The molecule has 1 N–H and O–H groups in total. The molecule has 0 radical (unpaired) electrons. The molecule has 0 unspecified atom stereocenters. The lowest BCUT2D eigenvalue weighted by Gasteiger charge is -2.08. The van der Waals surface area contributed by atoms with E-state index in [1.807, 2.05) is 0 Å². The largest absolute Gasteiger partial charge is 0.478 e. The molecule has 0 heterocycles. The first-order valence-electron chi connectivity index (χ1n) is 5.21. The molecule has 90 valence electrons. The molecular formula is C14H9ClO3. The Morgan fingerprint density at radius 3 is 2.56 bits per heavy atom. The Labute approximate surface area is 109 Å². The fraction of sp³-hybridized carbons (Fsp3) is 0. The van der Waals surface area contributed by atoms with Crippen LogP contribution in [0.4, 0.5) is 0 Å².